The van der Waals surface area contributed by atoms with Gasteiger partial charge in [0.25, 0.3) is 0 Å². The normalized spacial score (nSPS) is 11.2. The second-order valence-electron chi connectivity index (χ2n) is 4.98. The van der Waals surface area contributed by atoms with Crippen LogP contribution in [0.2, 0.25) is 0 Å². The fourth-order valence-electron chi connectivity index (χ4n) is 1.62. The van der Waals surface area contributed by atoms with Crippen LogP contribution in [0.15, 0.2) is 4.42 Å². The number of methoxy groups -OCH3 is 2. The molecule has 0 amide bonds. The van der Waals surface area contributed by atoms with Crippen molar-refractivity contribution in [3.05, 3.63) is 5.89 Å². The quantitative estimate of drug-likeness (QED) is 0.648. The highest BCUT2D eigenvalue weighted by Gasteiger charge is 2.14. The van der Waals surface area contributed by atoms with Crippen LogP contribution < -0.4 is 10.2 Å². The van der Waals surface area contributed by atoms with E-state index in [0.717, 1.165) is 6.54 Å². The number of rotatable bonds is 11. The Kier molecular flexibility index (Phi) is 8.17. The Morgan fingerprint density at radius 3 is 2.35 bits per heavy atom. The third-order valence-corrected chi connectivity index (χ3v) is 2.69. The van der Waals surface area contributed by atoms with Gasteiger partial charge in [0.2, 0.25) is 5.89 Å². The van der Waals surface area contributed by atoms with Gasteiger partial charge in [0.15, 0.2) is 0 Å². The van der Waals surface area contributed by atoms with Crippen molar-refractivity contribution in [3.8, 4) is 0 Å². The van der Waals surface area contributed by atoms with Crippen LogP contribution in [0.1, 0.15) is 19.7 Å². The first-order chi connectivity index (χ1) is 9.67. The molecule has 0 spiro atoms. The predicted molar refractivity (Wildman–Crippen MR) is 76.8 cm³/mol. The van der Waals surface area contributed by atoms with Crippen LogP contribution in [0.5, 0.6) is 0 Å². The van der Waals surface area contributed by atoms with Crippen LogP contribution in [0.25, 0.3) is 0 Å². The Bertz CT molecular complexity index is 349. The van der Waals surface area contributed by atoms with Gasteiger partial charge in [0.1, 0.15) is 0 Å². The maximum absolute atomic E-state index is 5.65. The van der Waals surface area contributed by atoms with E-state index < -0.39 is 0 Å². The van der Waals surface area contributed by atoms with E-state index in [1.165, 1.54) is 0 Å². The third-order valence-electron chi connectivity index (χ3n) is 2.69. The molecule has 1 aromatic heterocycles. The molecule has 1 N–H and O–H groups in total. The van der Waals surface area contributed by atoms with Crippen LogP contribution in [0.4, 0.5) is 6.01 Å². The molecule has 20 heavy (non-hydrogen) atoms. The molecule has 7 nitrogen and oxygen atoms in total. The molecule has 1 rings (SSSR count). The molecular formula is C13H26N4O3. The number of hydrogen-bond acceptors (Lipinski definition) is 7. The van der Waals surface area contributed by atoms with E-state index in [0.29, 0.717) is 50.7 Å². The predicted octanol–water partition coefficient (Wildman–Crippen LogP) is 0.914. The summed E-state index contributed by atoms with van der Waals surface area (Å²) in [5.41, 5.74) is 0. The zero-order chi connectivity index (χ0) is 14.8. The zero-order valence-corrected chi connectivity index (χ0v) is 12.9. The van der Waals surface area contributed by atoms with E-state index in [2.05, 4.69) is 29.4 Å². The van der Waals surface area contributed by atoms with Gasteiger partial charge in [-0.25, -0.2) is 0 Å². The largest absolute Gasteiger partial charge is 0.407 e. The van der Waals surface area contributed by atoms with Crippen LogP contribution >= 0.6 is 0 Å². The lowest BCUT2D eigenvalue weighted by atomic mass is 10.2. The molecule has 0 saturated heterocycles. The third kappa shape index (κ3) is 6.31. The molecular weight excluding hydrogens is 260 g/mol. The Balaban J connectivity index is 2.50. The summed E-state index contributed by atoms with van der Waals surface area (Å²) in [5.74, 6) is 1.19. The summed E-state index contributed by atoms with van der Waals surface area (Å²) in [6.07, 6.45) is 0. The number of hydrogen-bond donors (Lipinski definition) is 1. The van der Waals surface area contributed by atoms with E-state index in [9.17, 15) is 0 Å². The van der Waals surface area contributed by atoms with Gasteiger partial charge in [-0.2, -0.15) is 0 Å². The van der Waals surface area contributed by atoms with E-state index in [-0.39, 0.29) is 0 Å². The fraction of sp³-hybridized carbons (Fsp3) is 0.846. The molecule has 0 aliphatic carbocycles. The average molecular weight is 286 g/mol. The van der Waals surface area contributed by atoms with Crippen LogP contribution in [0.3, 0.4) is 0 Å². The number of ether oxygens (including phenoxy) is 2. The Morgan fingerprint density at radius 2 is 1.80 bits per heavy atom. The molecule has 0 aliphatic heterocycles. The highest BCUT2D eigenvalue weighted by Crippen LogP contribution is 2.11. The monoisotopic (exact) mass is 286 g/mol. The number of aromatic nitrogens is 2. The SMILES string of the molecule is COCCN(CCOC)c1nnc(CNCC(C)C)o1. The maximum Gasteiger partial charge on any atom is 0.318 e. The van der Waals surface area contributed by atoms with E-state index >= 15 is 0 Å². The minimum Gasteiger partial charge on any atom is -0.407 e. The fourth-order valence-corrected chi connectivity index (χ4v) is 1.62. The molecule has 0 fully saturated rings. The summed E-state index contributed by atoms with van der Waals surface area (Å²) in [4.78, 5) is 1.96. The summed E-state index contributed by atoms with van der Waals surface area (Å²) in [6, 6.07) is 0.514. The minimum atomic E-state index is 0.514. The first-order valence-corrected chi connectivity index (χ1v) is 6.93. The van der Waals surface area contributed by atoms with Gasteiger partial charge < -0.3 is 24.1 Å². The summed E-state index contributed by atoms with van der Waals surface area (Å²) < 4.78 is 15.8. The molecule has 0 saturated carbocycles. The smallest absolute Gasteiger partial charge is 0.318 e. The first kappa shape index (κ1) is 16.9. The highest BCUT2D eigenvalue weighted by molar-refractivity contribution is 5.23. The van der Waals surface area contributed by atoms with E-state index in [1.807, 2.05) is 4.90 Å². The standard InChI is InChI=1S/C13H26N4O3/c1-11(2)9-14-10-12-15-16-13(20-12)17(5-7-18-3)6-8-19-4/h11,14H,5-10H2,1-4H3. The molecule has 0 atom stereocenters. The van der Waals surface area contributed by atoms with Crippen molar-refractivity contribution in [2.45, 2.75) is 20.4 Å². The van der Waals surface area contributed by atoms with Crippen molar-refractivity contribution in [1.82, 2.24) is 15.5 Å². The Labute approximate surface area is 120 Å². The van der Waals surface area contributed by atoms with Gasteiger partial charge in [-0.1, -0.05) is 18.9 Å². The molecule has 0 aliphatic rings. The number of nitrogens with one attached hydrogen (secondary N) is 1. The van der Waals surface area contributed by atoms with Gasteiger partial charge in [0, 0.05) is 27.3 Å². The number of nitrogens with zero attached hydrogens (tertiary/aromatic N) is 3. The van der Waals surface area contributed by atoms with Crippen LogP contribution in [-0.4, -0.2) is 57.3 Å². The molecule has 0 bridgehead atoms. The van der Waals surface area contributed by atoms with E-state index in [1.54, 1.807) is 14.2 Å². The topological polar surface area (TPSA) is 72.7 Å². The molecule has 0 unspecified atom stereocenters. The molecule has 0 radical (unpaired) electrons. The summed E-state index contributed by atoms with van der Waals surface area (Å²) in [7, 11) is 3.34. The molecule has 0 aromatic carbocycles. The summed E-state index contributed by atoms with van der Waals surface area (Å²) >= 11 is 0. The lowest BCUT2D eigenvalue weighted by Gasteiger charge is -2.18. The van der Waals surface area contributed by atoms with Gasteiger partial charge in [-0.15, -0.1) is 5.10 Å². The van der Waals surface area contributed by atoms with Gasteiger partial charge in [0.05, 0.1) is 19.8 Å². The van der Waals surface area contributed by atoms with Crippen molar-refractivity contribution >= 4 is 6.01 Å². The molecule has 116 valence electrons. The maximum atomic E-state index is 5.65. The van der Waals surface area contributed by atoms with Crippen molar-refractivity contribution < 1.29 is 13.9 Å². The van der Waals surface area contributed by atoms with Gasteiger partial charge in [-0.3, -0.25) is 0 Å². The molecule has 1 aromatic rings. The molecule has 7 heteroatoms. The van der Waals surface area contributed by atoms with Crippen molar-refractivity contribution in [3.63, 3.8) is 0 Å². The Morgan fingerprint density at radius 1 is 1.15 bits per heavy atom. The zero-order valence-electron chi connectivity index (χ0n) is 12.9. The summed E-state index contributed by atoms with van der Waals surface area (Å²) in [5, 5.41) is 11.4. The van der Waals surface area contributed by atoms with E-state index in [4.69, 9.17) is 13.9 Å². The minimum absolute atomic E-state index is 0.514. The highest BCUT2D eigenvalue weighted by atomic mass is 16.5. The lowest BCUT2D eigenvalue weighted by Crippen LogP contribution is -2.30. The number of anilines is 1. The van der Waals surface area contributed by atoms with Crippen molar-refractivity contribution in [2.24, 2.45) is 5.92 Å². The Hall–Kier alpha value is -1.18. The lowest BCUT2D eigenvalue weighted by molar-refractivity contribution is 0.188. The second-order valence-corrected chi connectivity index (χ2v) is 4.98. The van der Waals surface area contributed by atoms with Crippen molar-refractivity contribution in [1.29, 1.82) is 0 Å². The average Bonchev–Trinajstić information content (AvgIpc) is 2.87. The van der Waals surface area contributed by atoms with Crippen LogP contribution in [-0.2, 0) is 16.0 Å². The van der Waals surface area contributed by atoms with Crippen LogP contribution in [0, 0.1) is 5.92 Å². The first-order valence-electron chi connectivity index (χ1n) is 6.93. The molecule has 1 heterocycles. The summed E-state index contributed by atoms with van der Waals surface area (Å²) in [6.45, 7) is 8.43. The second kappa shape index (κ2) is 9.68. The van der Waals surface area contributed by atoms with Gasteiger partial charge in [-0.05, 0) is 12.5 Å². The van der Waals surface area contributed by atoms with Gasteiger partial charge >= 0.3 is 6.01 Å². The van der Waals surface area contributed by atoms with Crippen molar-refractivity contribution in [2.75, 3.05) is 52.0 Å².